The number of thiophene rings is 1. The number of nitrogens with one attached hydrogen (secondary N) is 1. The molecule has 0 bridgehead atoms. The highest BCUT2D eigenvalue weighted by Crippen LogP contribution is 2.27. The smallest absolute Gasteiger partial charge is 0.0569 e. The summed E-state index contributed by atoms with van der Waals surface area (Å²) in [5, 5.41) is 5.64. The molecule has 3 heteroatoms. The summed E-state index contributed by atoms with van der Waals surface area (Å²) in [5.41, 5.74) is 0. The molecule has 0 radical (unpaired) electrons. The van der Waals surface area contributed by atoms with Crippen molar-refractivity contribution in [3.05, 3.63) is 22.4 Å². The van der Waals surface area contributed by atoms with Gasteiger partial charge >= 0.3 is 0 Å². The normalized spacial score (nSPS) is 24.4. The Kier molecular flexibility index (Phi) is 3.21. The van der Waals surface area contributed by atoms with Gasteiger partial charge in [-0.05, 0) is 25.3 Å². The van der Waals surface area contributed by atoms with Crippen LogP contribution in [0.1, 0.15) is 24.8 Å². The highest BCUT2D eigenvalue weighted by Gasteiger charge is 2.25. The zero-order chi connectivity index (χ0) is 9.97. The molecule has 1 saturated heterocycles. The van der Waals surface area contributed by atoms with Gasteiger partial charge in [-0.15, -0.1) is 11.3 Å². The molecule has 1 aliphatic rings. The molecular weight excluding hydrogens is 192 g/mol. The van der Waals surface area contributed by atoms with E-state index in [2.05, 4.69) is 41.6 Å². The van der Waals surface area contributed by atoms with E-state index in [1.54, 1.807) is 0 Å². The minimum atomic E-state index is 0.587. The van der Waals surface area contributed by atoms with E-state index < -0.39 is 0 Å². The molecule has 0 spiro atoms. The quantitative estimate of drug-likeness (QED) is 0.804. The Balaban J connectivity index is 2.14. The summed E-state index contributed by atoms with van der Waals surface area (Å²) in [6.07, 6.45) is 0. The summed E-state index contributed by atoms with van der Waals surface area (Å²) in [5.74, 6) is 0. The molecule has 0 amide bonds. The first-order chi connectivity index (χ1) is 6.79. The molecule has 0 aliphatic carbocycles. The Labute approximate surface area is 89.9 Å². The molecule has 0 saturated carbocycles. The van der Waals surface area contributed by atoms with Crippen molar-refractivity contribution in [2.75, 3.05) is 19.6 Å². The van der Waals surface area contributed by atoms with Gasteiger partial charge in [0.15, 0.2) is 0 Å². The van der Waals surface area contributed by atoms with Gasteiger partial charge in [-0.3, -0.25) is 4.90 Å². The van der Waals surface area contributed by atoms with Crippen LogP contribution in [0.25, 0.3) is 0 Å². The van der Waals surface area contributed by atoms with Gasteiger partial charge in [0, 0.05) is 30.6 Å². The van der Waals surface area contributed by atoms with Gasteiger partial charge in [0.2, 0.25) is 0 Å². The van der Waals surface area contributed by atoms with E-state index in [0.29, 0.717) is 12.1 Å². The molecule has 1 unspecified atom stereocenters. The molecule has 1 fully saturated rings. The third kappa shape index (κ3) is 2.00. The second kappa shape index (κ2) is 4.43. The number of piperazine rings is 1. The molecule has 78 valence electrons. The standard InChI is InChI=1S/C11H18N2S/c1-9(2)13-6-5-12-8-10(13)11-4-3-7-14-11/h3-4,7,9-10,12H,5-6,8H2,1-2H3. The minimum Gasteiger partial charge on any atom is -0.314 e. The second-order valence-corrected chi connectivity index (χ2v) is 5.05. The molecule has 2 nitrogen and oxygen atoms in total. The summed E-state index contributed by atoms with van der Waals surface area (Å²) in [6.45, 7) is 7.96. The van der Waals surface area contributed by atoms with Crippen molar-refractivity contribution in [2.24, 2.45) is 0 Å². The Morgan fingerprint density at radius 3 is 3.07 bits per heavy atom. The number of hydrogen-bond donors (Lipinski definition) is 1. The van der Waals surface area contributed by atoms with E-state index in [1.807, 2.05) is 11.3 Å². The zero-order valence-corrected chi connectivity index (χ0v) is 9.68. The lowest BCUT2D eigenvalue weighted by atomic mass is 10.1. The third-order valence-corrected chi connectivity index (χ3v) is 3.79. The van der Waals surface area contributed by atoms with Crippen LogP contribution in [0.5, 0.6) is 0 Å². The highest BCUT2D eigenvalue weighted by molar-refractivity contribution is 7.10. The van der Waals surface area contributed by atoms with Crippen LogP contribution in [0.3, 0.4) is 0 Å². The van der Waals surface area contributed by atoms with E-state index in [1.165, 1.54) is 11.4 Å². The Morgan fingerprint density at radius 1 is 1.57 bits per heavy atom. The van der Waals surface area contributed by atoms with E-state index >= 15 is 0 Å². The molecule has 1 aliphatic heterocycles. The summed E-state index contributed by atoms with van der Waals surface area (Å²) in [4.78, 5) is 4.08. The van der Waals surface area contributed by atoms with Crippen LogP contribution in [0.15, 0.2) is 17.5 Å². The predicted molar refractivity (Wildman–Crippen MR) is 61.8 cm³/mol. The van der Waals surface area contributed by atoms with Crippen molar-refractivity contribution in [1.82, 2.24) is 10.2 Å². The van der Waals surface area contributed by atoms with Gasteiger partial charge in [-0.1, -0.05) is 6.07 Å². The highest BCUT2D eigenvalue weighted by atomic mass is 32.1. The van der Waals surface area contributed by atoms with Crippen LogP contribution in [-0.4, -0.2) is 30.6 Å². The van der Waals surface area contributed by atoms with Gasteiger partial charge in [0.1, 0.15) is 0 Å². The lowest BCUT2D eigenvalue weighted by Crippen LogP contribution is -2.48. The van der Waals surface area contributed by atoms with Crippen LogP contribution >= 0.6 is 11.3 Å². The molecule has 14 heavy (non-hydrogen) atoms. The fourth-order valence-electron chi connectivity index (χ4n) is 2.08. The Bertz CT molecular complexity index is 269. The molecule has 1 atom stereocenters. The topological polar surface area (TPSA) is 15.3 Å². The SMILES string of the molecule is CC(C)N1CCNCC1c1cccs1. The van der Waals surface area contributed by atoms with Crippen LogP contribution in [0, 0.1) is 0 Å². The van der Waals surface area contributed by atoms with Gasteiger partial charge in [-0.2, -0.15) is 0 Å². The van der Waals surface area contributed by atoms with Gasteiger partial charge in [0.05, 0.1) is 6.04 Å². The largest absolute Gasteiger partial charge is 0.314 e. The van der Waals surface area contributed by atoms with Crippen molar-refractivity contribution >= 4 is 11.3 Å². The number of rotatable bonds is 2. The molecular formula is C11H18N2S. The van der Waals surface area contributed by atoms with Crippen LogP contribution in [0.4, 0.5) is 0 Å². The maximum Gasteiger partial charge on any atom is 0.0569 e. The zero-order valence-electron chi connectivity index (χ0n) is 8.86. The maximum absolute atomic E-state index is 3.47. The molecule has 2 heterocycles. The molecule has 2 rings (SSSR count). The van der Waals surface area contributed by atoms with Gasteiger partial charge in [0.25, 0.3) is 0 Å². The van der Waals surface area contributed by atoms with E-state index in [0.717, 1.165) is 13.1 Å². The summed E-state index contributed by atoms with van der Waals surface area (Å²) in [7, 11) is 0. The van der Waals surface area contributed by atoms with E-state index in [-0.39, 0.29) is 0 Å². The van der Waals surface area contributed by atoms with Crippen LogP contribution < -0.4 is 5.32 Å². The summed E-state index contributed by atoms with van der Waals surface area (Å²) >= 11 is 1.87. The lowest BCUT2D eigenvalue weighted by Gasteiger charge is -2.38. The first kappa shape index (κ1) is 10.1. The summed E-state index contributed by atoms with van der Waals surface area (Å²) < 4.78 is 0. The Morgan fingerprint density at radius 2 is 2.43 bits per heavy atom. The first-order valence-corrected chi connectivity index (χ1v) is 6.17. The number of nitrogens with zero attached hydrogens (tertiary/aromatic N) is 1. The fraction of sp³-hybridized carbons (Fsp3) is 0.636. The molecule has 1 N–H and O–H groups in total. The monoisotopic (exact) mass is 210 g/mol. The predicted octanol–water partition coefficient (Wildman–Crippen LogP) is 2.10. The first-order valence-electron chi connectivity index (χ1n) is 5.29. The lowest BCUT2D eigenvalue weighted by molar-refractivity contribution is 0.126. The van der Waals surface area contributed by atoms with Crippen LogP contribution in [0.2, 0.25) is 0 Å². The average Bonchev–Trinajstić information content (AvgIpc) is 2.70. The van der Waals surface area contributed by atoms with Crippen molar-refractivity contribution in [3.63, 3.8) is 0 Å². The third-order valence-electron chi connectivity index (χ3n) is 2.82. The average molecular weight is 210 g/mol. The summed E-state index contributed by atoms with van der Waals surface area (Å²) in [6, 6.07) is 5.62. The van der Waals surface area contributed by atoms with Gasteiger partial charge < -0.3 is 5.32 Å². The molecule has 1 aromatic heterocycles. The van der Waals surface area contributed by atoms with Crippen molar-refractivity contribution in [1.29, 1.82) is 0 Å². The van der Waals surface area contributed by atoms with Crippen LogP contribution in [-0.2, 0) is 0 Å². The fourth-order valence-corrected chi connectivity index (χ4v) is 2.93. The van der Waals surface area contributed by atoms with Gasteiger partial charge in [-0.25, -0.2) is 0 Å². The van der Waals surface area contributed by atoms with E-state index in [9.17, 15) is 0 Å². The second-order valence-electron chi connectivity index (χ2n) is 4.07. The molecule has 0 aromatic carbocycles. The molecule has 1 aromatic rings. The van der Waals surface area contributed by atoms with Crippen molar-refractivity contribution in [3.8, 4) is 0 Å². The van der Waals surface area contributed by atoms with Crippen molar-refractivity contribution in [2.45, 2.75) is 25.9 Å². The Hall–Kier alpha value is -0.380. The maximum atomic E-state index is 3.47. The van der Waals surface area contributed by atoms with Crippen molar-refractivity contribution < 1.29 is 0 Å². The van der Waals surface area contributed by atoms with E-state index in [4.69, 9.17) is 0 Å². The minimum absolute atomic E-state index is 0.587. The number of hydrogen-bond acceptors (Lipinski definition) is 3.